The third-order valence-electron chi connectivity index (χ3n) is 14.2. The van der Waals surface area contributed by atoms with Crippen molar-refractivity contribution in [3.8, 4) is 45.0 Å². The minimum Gasteiger partial charge on any atom is -0.201 e. The number of benzene rings is 4. The molecule has 0 unspecified atom stereocenters. The van der Waals surface area contributed by atoms with Gasteiger partial charge in [0.15, 0.2) is 24.8 Å². The van der Waals surface area contributed by atoms with E-state index in [2.05, 4.69) is 71.0 Å². The molecule has 4 heteroatoms. The van der Waals surface area contributed by atoms with E-state index in [-0.39, 0.29) is 23.0 Å². The Morgan fingerprint density at radius 2 is 0.803 bits per heavy atom. The van der Waals surface area contributed by atoms with Crippen LogP contribution >= 0.6 is 0 Å². The summed E-state index contributed by atoms with van der Waals surface area (Å²) in [5.74, 6) is -0.533. The highest BCUT2D eigenvalue weighted by molar-refractivity contribution is 5.64. The Bertz CT molecular complexity index is 3710. The summed E-state index contributed by atoms with van der Waals surface area (Å²) >= 11 is 0. The van der Waals surface area contributed by atoms with Crippen molar-refractivity contribution >= 4 is 0 Å². The van der Waals surface area contributed by atoms with Gasteiger partial charge in [0, 0.05) is 89.3 Å². The molecule has 1 saturated carbocycles. The van der Waals surface area contributed by atoms with Crippen molar-refractivity contribution in [3.05, 3.63) is 213 Å². The van der Waals surface area contributed by atoms with Gasteiger partial charge < -0.3 is 0 Å². The molecule has 8 aromatic rings. The van der Waals surface area contributed by atoms with Crippen LogP contribution in [-0.4, -0.2) is 0 Å². The predicted octanol–water partition coefficient (Wildman–Crippen LogP) is 16.4. The van der Waals surface area contributed by atoms with Crippen molar-refractivity contribution in [2.45, 2.75) is 147 Å². The van der Waals surface area contributed by atoms with Gasteiger partial charge >= 0.3 is 0 Å². The summed E-state index contributed by atoms with van der Waals surface area (Å²) in [5.41, 5.74) is 16.8. The molecule has 0 amide bonds. The summed E-state index contributed by atoms with van der Waals surface area (Å²) in [5, 5.41) is 0. The van der Waals surface area contributed by atoms with Gasteiger partial charge in [-0.15, -0.1) is 0 Å². The second-order valence-corrected chi connectivity index (χ2v) is 21.7. The summed E-state index contributed by atoms with van der Waals surface area (Å²) in [6.45, 7) is 11.3. The Kier molecular flexibility index (Phi) is 14.5. The first-order valence-electron chi connectivity index (χ1n) is 34.5. The van der Waals surface area contributed by atoms with Gasteiger partial charge in [-0.3, -0.25) is 0 Å². The zero-order valence-electron chi connectivity index (χ0n) is 62.9. The summed E-state index contributed by atoms with van der Waals surface area (Å²) < 4.78 is 127. The molecule has 1 aliphatic rings. The number of aryl methyl sites for hydroxylation is 12. The zero-order valence-corrected chi connectivity index (χ0v) is 47.9. The molecule has 0 bridgehead atoms. The monoisotopic (exact) mass is 1030 g/mol. The summed E-state index contributed by atoms with van der Waals surface area (Å²) in [7, 11) is 7.50. The van der Waals surface area contributed by atoms with Crippen molar-refractivity contribution in [2.75, 3.05) is 0 Å². The fraction of sp³-hybridized carbons (Fsp3) is 0.389. The third kappa shape index (κ3) is 15.1. The van der Waals surface area contributed by atoms with Gasteiger partial charge in [-0.05, 0) is 173 Å². The van der Waals surface area contributed by atoms with Crippen LogP contribution in [0.25, 0.3) is 45.0 Å². The second-order valence-electron chi connectivity index (χ2n) is 21.7. The average Bonchev–Trinajstić information content (AvgIpc) is 1.56. The molecule has 76 heavy (non-hydrogen) atoms. The first kappa shape index (κ1) is 40.7. The Labute approximate surface area is 482 Å². The Morgan fingerprint density at radius 1 is 0.447 bits per heavy atom. The van der Waals surface area contributed by atoms with Crippen LogP contribution in [0.1, 0.15) is 166 Å². The maximum Gasteiger partial charge on any atom is 0.212 e. The van der Waals surface area contributed by atoms with Crippen LogP contribution in [0, 0.1) is 66.9 Å². The predicted molar refractivity (Wildman–Crippen MR) is 322 cm³/mol. The highest BCUT2D eigenvalue weighted by Gasteiger charge is 2.24. The molecule has 0 aliphatic heterocycles. The molecule has 4 aromatic heterocycles. The van der Waals surface area contributed by atoms with Crippen molar-refractivity contribution in [1.29, 1.82) is 0 Å². The van der Waals surface area contributed by atoms with E-state index in [9.17, 15) is 0 Å². The van der Waals surface area contributed by atoms with Crippen molar-refractivity contribution in [1.82, 2.24) is 0 Å². The van der Waals surface area contributed by atoms with Crippen molar-refractivity contribution in [3.63, 3.8) is 0 Å². The van der Waals surface area contributed by atoms with Gasteiger partial charge in [0.25, 0.3) is 0 Å². The van der Waals surface area contributed by atoms with E-state index in [0.717, 1.165) is 99.4 Å². The molecule has 398 valence electrons. The molecule has 0 atom stereocenters. The summed E-state index contributed by atoms with van der Waals surface area (Å²) in [4.78, 5) is 0. The van der Waals surface area contributed by atoms with Gasteiger partial charge in [-0.2, -0.15) is 0 Å². The summed E-state index contributed by atoms with van der Waals surface area (Å²) in [6.07, 6.45) is 9.27. The third-order valence-corrected chi connectivity index (χ3v) is 14.2. The number of hydrogen-bond donors (Lipinski definition) is 0. The van der Waals surface area contributed by atoms with Crippen LogP contribution in [0.15, 0.2) is 146 Å². The quantitative estimate of drug-likeness (QED) is 0.121. The van der Waals surface area contributed by atoms with Crippen LogP contribution < -0.4 is 18.3 Å². The lowest BCUT2D eigenvalue weighted by atomic mass is 9.92. The molecule has 0 radical (unpaired) electrons. The van der Waals surface area contributed by atoms with Crippen LogP contribution in [0.2, 0.25) is 0 Å². The molecule has 4 aromatic carbocycles. The minimum atomic E-state index is -2.36. The second kappa shape index (κ2) is 27.0. The molecule has 4 heterocycles. The fourth-order valence-electron chi connectivity index (χ4n) is 10.0. The fourth-order valence-corrected chi connectivity index (χ4v) is 10.0. The van der Waals surface area contributed by atoms with E-state index in [1.807, 2.05) is 134 Å². The minimum absolute atomic E-state index is 0.0704. The van der Waals surface area contributed by atoms with Gasteiger partial charge in [0.2, 0.25) is 22.8 Å². The SMILES string of the molecule is [2H]C([2H])([2H])c1c[n+](C)c(-c2ccccc2C)cc1C(C)C.[2H]C([2H])([2H])c1c[n+](C)c(-c2ccccc2C)cc1C([2H])([2H])C(C)C.[2H]C([2H])([2H])c1c[n+](C)c(-c2ccccc2C)cc1C1([2H])CCCC1.[2H]C([2H])([2H])c1c[n+](C)c(-c2ccccc2C)cc1CC(C)C. The van der Waals surface area contributed by atoms with E-state index in [4.69, 9.17) is 20.6 Å². The maximum atomic E-state index is 8.87. The highest BCUT2D eigenvalue weighted by atomic mass is 14.9. The van der Waals surface area contributed by atoms with E-state index in [1.165, 1.54) is 11.1 Å². The lowest BCUT2D eigenvalue weighted by Gasteiger charge is -2.14. The molecule has 0 saturated heterocycles. The van der Waals surface area contributed by atoms with Gasteiger partial charge in [-0.25, -0.2) is 18.3 Å². The molecule has 4 nitrogen and oxygen atoms in total. The number of rotatable bonds is 10. The summed E-state index contributed by atoms with van der Waals surface area (Å²) in [6, 6.07) is 40.0. The lowest BCUT2D eigenvalue weighted by molar-refractivity contribution is -0.661. The molecule has 1 aliphatic carbocycles. The molecular formula is C72H94N4+4. The molecule has 1 fully saturated rings. The lowest BCUT2D eigenvalue weighted by Crippen LogP contribution is -2.32. The van der Waals surface area contributed by atoms with E-state index < -0.39 is 39.7 Å². The van der Waals surface area contributed by atoms with Crippen LogP contribution in [0.5, 0.6) is 0 Å². The van der Waals surface area contributed by atoms with Crippen molar-refractivity contribution < 1.29 is 38.8 Å². The molecule has 0 spiro atoms. The Hall–Kier alpha value is -6.52. The number of aromatic nitrogens is 4. The Balaban J connectivity index is 0.000000193. The van der Waals surface area contributed by atoms with Gasteiger partial charge in [0.05, 0.1) is 0 Å². The van der Waals surface area contributed by atoms with Crippen LogP contribution in [0.3, 0.4) is 0 Å². The molecular weight excluding hydrogens is 921 g/mol. The van der Waals surface area contributed by atoms with E-state index >= 15 is 0 Å². The topological polar surface area (TPSA) is 15.5 Å². The van der Waals surface area contributed by atoms with Gasteiger partial charge in [-0.1, -0.05) is 127 Å². The largest absolute Gasteiger partial charge is 0.212 e. The standard InChI is InChI=1S/C19H24N.2C18H24N.C17H22N/c1-14-8-4-7-11-17(14)19-12-18(15(2)13-20(19)3)16-9-5-6-10-16;2*1-13(2)10-16-11-18(19(5)12-15(16)4)17-9-7-6-8-14(17)3;1-12(2)16-10-17(18(5)11-14(16)4)15-9-7-6-8-13(15)3/h4,7-8,11-13,16H,5-6,9-10H2,1-3H3;2*6-9,11-13H,10H2,1-5H3;6-12H,1-5H3/q4*+1/i2D3,16D;4D3,10D2;2*4D3. The van der Waals surface area contributed by atoms with Gasteiger partial charge in [0.1, 0.15) is 28.2 Å². The normalized spacial score (nSPS) is 16.5. The smallest absolute Gasteiger partial charge is 0.201 e. The first-order valence-corrected chi connectivity index (χ1v) is 27.0. The highest BCUT2D eigenvalue weighted by Crippen LogP contribution is 2.37. The number of hydrogen-bond acceptors (Lipinski definition) is 0. The number of nitrogens with zero attached hydrogens (tertiary/aromatic N) is 4. The Morgan fingerprint density at radius 3 is 1.18 bits per heavy atom. The van der Waals surface area contributed by atoms with E-state index in [1.54, 1.807) is 56.3 Å². The number of pyridine rings is 4. The first-order chi connectivity index (χ1) is 42.1. The molecule has 0 N–H and O–H groups in total. The average molecular weight is 1030 g/mol. The van der Waals surface area contributed by atoms with Crippen LogP contribution in [0.4, 0.5) is 0 Å². The maximum absolute atomic E-state index is 8.87. The van der Waals surface area contributed by atoms with E-state index in [0.29, 0.717) is 28.2 Å². The van der Waals surface area contributed by atoms with Crippen LogP contribution in [-0.2, 0) is 41.0 Å². The molecule has 9 rings (SSSR count). The van der Waals surface area contributed by atoms with Crippen molar-refractivity contribution in [2.24, 2.45) is 40.0 Å². The zero-order chi connectivity index (χ0) is 68.1.